The predicted octanol–water partition coefficient (Wildman–Crippen LogP) is 6.53. The van der Waals surface area contributed by atoms with E-state index in [1.54, 1.807) is 24.6 Å². The highest BCUT2D eigenvalue weighted by Crippen LogP contribution is 2.41. The molecule has 0 bridgehead atoms. The van der Waals surface area contributed by atoms with Crippen LogP contribution >= 0.6 is 11.3 Å². The standard InChI is InChI=1S/C27H27N3O2S/c1-17-14-15-28-23(16-17)29-25(20-10-12-22(32-4)13-11-20)24-18(2)19(3)33-27(24)30-26(31)21-8-6-5-7-9-21/h5-16,25H,1-4H3,(H,28,29)(H,30,31)/t25-/m0/s1. The number of hydrogen-bond donors (Lipinski definition) is 2. The summed E-state index contributed by atoms with van der Waals surface area (Å²) in [5, 5.41) is 7.59. The van der Waals surface area contributed by atoms with Gasteiger partial charge in [0.15, 0.2) is 0 Å². The number of pyridine rings is 1. The summed E-state index contributed by atoms with van der Waals surface area (Å²) in [6.07, 6.45) is 1.80. The summed E-state index contributed by atoms with van der Waals surface area (Å²) < 4.78 is 5.35. The van der Waals surface area contributed by atoms with E-state index in [4.69, 9.17) is 4.74 Å². The smallest absolute Gasteiger partial charge is 0.256 e. The van der Waals surface area contributed by atoms with Gasteiger partial charge in [0.1, 0.15) is 16.6 Å². The zero-order valence-corrected chi connectivity index (χ0v) is 20.0. The number of carbonyl (C=O) groups excluding carboxylic acids is 1. The fourth-order valence-corrected chi connectivity index (χ4v) is 4.83. The molecule has 2 N–H and O–H groups in total. The number of nitrogens with one attached hydrogen (secondary N) is 2. The highest BCUT2D eigenvalue weighted by atomic mass is 32.1. The van der Waals surface area contributed by atoms with Crippen LogP contribution < -0.4 is 15.4 Å². The van der Waals surface area contributed by atoms with Gasteiger partial charge < -0.3 is 15.4 Å². The highest BCUT2D eigenvalue weighted by Gasteiger charge is 2.25. The molecule has 2 heterocycles. The lowest BCUT2D eigenvalue weighted by Gasteiger charge is -2.23. The Hall–Kier alpha value is -3.64. The molecule has 168 valence electrons. The van der Waals surface area contributed by atoms with Crippen molar-refractivity contribution in [2.75, 3.05) is 17.7 Å². The van der Waals surface area contributed by atoms with Gasteiger partial charge in [-0.05, 0) is 73.9 Å². The molecule has 0 aliphatic rings. The number of carbonyl (C=O) groups is 1. The van der Waals surface area contributed by atoms with Gasteiger partial charge in [0, 0.05) is 22.2 Å². The maximum absolute atomic E-state index is 13.0. The Morgan fingerprint density at radius 3 is 2.39 bits per heavy atom. The molecule has 0 aliphatic heterocycles. The van der Waals surface area contributed by atoms with Crippen molar-refractivity contribution < 1.29 is 9.53 Å². The third kappa shape index (κ3) is 5.07. The molecular weight excluding hydrogens is 430 g/mol. The number of hydrogen-bond acceptors (Lipinski definition) is 5. The molecule has 1 atom stereocenters. The summed E-state index contributed by atoms with van der Waals surface area (Å²) in [6, 6.07) is 21.0. The molecule has 0 saturated carbocycles. The Kier molecular flexibility index (Phi) is 6.75. The summed E-state index contributed by atoms with van der Waals surface area (Å²) in [5.41, 5.74) is 4.98. The Labute approximate surface area is 198 Å². The molecule has 2 aromatic carbocycles. The van der Waals surface area contributed by atoms with E-state index in [1.165, 1.54) is 0 Å². The quantitative estimate of drug-likeness (QED) is 0.331. The van der Waals surface area contributed by atoms with Gasteiger partial charge >= 0.3 is 0 Å². The van der Waals surface area contributed by atoms with Crippen LogP contribution in [0.15, 0.2) is 72.9 Å². The van der Waals surface area contributed by atoms with E-state index in [-0.39, 0.29) is 11.9 Å². The third-order valence-electron chi connectivity index (χ3n) is 5.64. The first kappa shape index (κ1) is 22.6. The second kappa shape index (κ2) is 9.88. The van der Waals surface area contributed by atoms with E-state index < -0.39 is 0 Å². The SMILES string of the molecule is COc1ccc([C@H](Nc2cc(C)ccn2)c2c(NC(=O)c3ccccc3)sc(C)c2C)cc1. The average Bonchev–Trinajstić information content (AvgIpc) is 3.11. The van der Waals surface area contributed by atoms with E-state index >= 15 is 0 Å². The number of anilines is 2. The van der Waals surface area contributed by atoms with Crippen molar-refractivity contribution in [3.63, 3.8) is 0 Å². The summed E-state index contributed by atoms with van der Waals surface area (Å²) in [6.45, 7) is 6.22. The number of thiophene rings is 1. The summed E-state index contributed by atoms with van der Waals surface area (Å²) in [4.78, 5) is 18.7. The van der Waals surface area contributed by atoms with Crippen LogP contribution in [0.4, 0.5) is 10.8 Å². The molecule has 0 spiro atoms. The number of benzene rings is 2. The number of amides is 1. The monoisotopic (exact) mass is 457 g/mol. The molecule has 0 radical (unpaired) electrons. The van der Waals surface area contributed by atoms with Crippen molar-refractivity contribution in [1.82, 2.24) is 4.98 Å². The minimum Gasteiger partial charge on any atom is -0.497 e. The first-order valence-corrected chi connectivity index (χ1v) is 11.6. The Morgan fingerprint density at radius 1 is 1.00 bits per heavy atom. The van der Waals surface area contributed by atoms with Crippen LogP contribution in [0.5, 0.6) is 5.75 Å². The van der Waals surface area contributed by atoms with E-state index in [0.717, 1.165) is 43.7 Å². The maximum Gasteiger partial charge on any atom is 0.256 e. The number of rotatable bonds is 7. The van der Waals surface area contributed by atoms with Crippen LogP contribution in [-0.2, 0) is 0 Å². The van der Waals surface area contributed by atoms with Crippen molar-refractivity contribution in [1.29, 1.82) is 0 Å². The number of nitrogens with zero attached hydrogens (tertiary/aromatic N) is 1. The van der Waals surface area contributed by atoms with Gasteiger partial charge in [-0.25, -0.2) is 4.98 Å². The lowest BCUT2D eigenvalue weighted by atomic mass is 9.96. The predicted molar refractivity (Wildman–Crippen MR) is 136 cm³/mol. The van der Waals surface area contributed by atoms with Gasteiger partial charge in [-0.2, -0.15) is 0 Å². The molecule has 5 nitrogen and oxygen atoms in total. The van der Waals surface area contributed by atoms with Crippen molar-refractivity contribution in [3.05, 3.63) is 106 Å². The van der Waals surface area contributed by atoms with Gasteiger partial charge in [0.25, 0.3) is 5.91 Å². The Morgan fingerprint density at radius 2 is 1.73 bits per heavy atom. The minimum absolute atomic E-state index is 0.125. The Balaban J connectivity index is 1.78. The average molecular weight is 458 g/mol. The zero-order valence-electron chi connectivity index (χ0n) is 19.2. The molecule has 0 aliphatic carbocycles. The van der Waals surface area contributed by atoms with Gasteiger partial charge in [-0.1, -0.05) is 30.3 Å². The van der Waals surface area contributed by atoms with Gasteiger partial charge in [0.2, 0.25) is 0 Å². The number of methoxy groups -OCH3 is 1. The molecule has 33 heavy (non-hydrogen) atoms. The second-order valence-corrected chi connectivity index (χ2v) is 9.14. The van der Waals surface area contributed by atoms with Crippen molar-refractivity contribution >= 4 is 28.1 Å². The fraction of sp³-hybridized carbons (Fsp3) is 0.185. The maximum atomic E-state index is 13.0. The minimum atomic E-state index is -0.207. The summed E-state index contributed by atoms with van der Waals surface area (Å²) >= 11 is 1.59. The third-order valence-corrected chi connectivity index (χ3v) is 6.78. The lowest BCUT2D eigenvalue weighted by Crippen LogP contribution is -2.18. The van der Waals surface area contributed by atoms with Gasteiger partial charge in [0.05, 0.1) is 13.2 Å². The molecule has 4 aromatic rings. The molecule has 4 rings (SSSR count). The number of aromatic nitrogens is 1. The van der Waals surface area contributed by atoms with Crippen LogP contribution in [0.25, 0.3) is 0 Å². The molecule has 0 saturated heterocycles. The van der Waals surface area contributed by atoms with Gasteiger partial charge in [-0.15, -0.1) is 11.3 Å². The topological polar surface area (TPSA) is 63.2 Å². The van der Waals surface area contributed by atoms with E-state index in [9.17, 15) is 4.79 Å². The zero-order chi connectivity index (χ0) is 23.4. The molecule has 2 aromatic heterocycles. The first-order valence-electron chi connectivity index (χ1n) is 10.8. The highest BCUT2D eigenvalue weighted by molar-refractivity contribution is 7.16. The first-order chi connectivity index (χ1) is 16.0. The summed E-state index contributed by atoms with van der Waals surface area (Å²) in [5.74, 6) is 1.45. The number of ether oxygens (including phenoxy) is 1. The van der Waals surface area contributed by atoms with E-state index in [1.807, 2.05) is 73.7 Å². The normalized spacial score (nSPS) is 11.6. The molecule has 0 fully saturated rings. The van der Waals surface area contributed by atoms with Crippen molar-refractivity contribution in [3.8, 4) is 5.75 Å². The number of aryl methyl sites for hydroxylation is 2. The molecule has 1 amide bonds. The Bertz CT molecular complexity index is 1250. The van der Waals surface area contributed by atoms with Crippen LogP contribution in [0.3, 0.4) is 0 Å². The van der Waals surface area contributed by atoms with E-state index in [2.05, 4.69) is 29.5 Å². The fourth-order valence-electron chi connectivity index (χ4n) is 3.73. The van der Waals surface area contributed by atoms with Crippen LogP contribution in [0, 0.1) is 20.8 Å². The molecular formula is C27H27N3O2S. The summed E-state index contributed by atoms with van der Waals surface area (Å²) in [7, 11) is 1.66. The van der Waals surface area contributed by atoms with Crippen molar-refractivity contribution in [2.45, 2.75) is 26.8 Å². The van der Waals surface area contributed by atoms with Crippen LogP contribution in [-0.4, -0.2) is 18.0 Å². The lowest BCUT2D eigenvalue weighted by molar-refractivity contribution is 0.102. The second-order valence-electron chi connectivity index (χ2n) is 7.92. The van der Waals surface area contributed by atoms with E-state index in [0.29, 0.717) is 5.56 Å². The largest absolute Gasteiger partial charge is 0.497 e. The van der Waals surface area contributed by atoms with Crippen molar-refractivity contribution in [2.24, 2.45) is 0 Å². The van der Waals surface area contributed by atoms with Crippen LogP contribution in [0.2, 0.25) is 0 Å². The van der Waals surface area contributed by atoms with Gasteiger partial charge in [-0.3, -0.25) is 4.79 Å². The molecule has 6 heteroatoms. The van der Waals surface area contributed by atoms with Crippen LogP contribution in [0.1, 0.15) is 43.5 Å². The molecule has 0 unspecified atom stereocenters.